The number of benzene rings is 1. The molecule has 22 heavy (non-hydrogen) atoms. The molecule has 1 aromatic carbocycles. The van der Waals surface area contributed by atoms with Crippen LogP contribution in [0.25, 0.3) is 0 Å². The molecule has 3 heteroatoms. The minimum Gasteiger partial charge on any atom is -0.626 e. The second-order valence-electron chi connectivity index (χ2n) is 8.14. The first-order chi connectivity index (χ1) is 10.0. The Bertz CT molecular complexity index is 498. The molecule has 0 aliphatic heterocycles. The predicted octanol–water partition coefficient (Wildman–Crippen LogP) is 3.52. The number of hydrogen-bond acceptors (Lipinski definition) is 2. The first-order valence-corrected chi connectivity index (χ1v) is 8.11. The van der Waals surface area contributed by atoms with Gasteiger partial charge >= 0.3 is 0 Å². The molecule has 0 spiro atoms. The molecular weight excluding hydrogens is 274 g/mol. The number of phenolic OH excluding ortho intramolecular Hbond substituents is 1. The molecule has 1 aromatic rings. The topological polar surface area (TPSA) is 57.3 Å². The smallest absolute Gasteiger partial charge is 0.156 e. The van der Waals surface area contributed by atoms with E-state index >= 15 is 0 Å². The molecule has 1 rings (SSSR count). The van der Waals surface area contributed by atoms with Crippen molar-refractivity contribution in [3.05, 3.63) is 34.0 Å². The Morgan fingerprint density at radius 3 is 1.86 bits per heavy atom. The summed E-state index contributed by atoms with van der Waals surface area (Å²) in [6.07, 6.45) is 3.52. The fourth-order valence-electron chi connectivity index (χ4n) is 2.75. The molecule has 0 saturated heterocycles. The van der Waals surface area contributed by atoms with Crippen molar-refractivity contribution in [3.63, 3.8) is 0 Å². The zero-order chi connectivity index (χ0) is 17.1. The van der Waals surface area contributed by atoms with E-state index in [2.05, 4.69) is 60.6 Å². The molecule has 0 bridgehead atoms. The maximum atomic E-state index is 10.9. The molecule has 0 heterocycles. The Labute approximate surface area is 135 Å². The summed E-state index contributed by atoms with van der Waals surface area (Å²) in [7, 11) is 0. The normalized spacial score (nSPS) is 14.5. The highest BCUT2D eigenvalue weighted by Crippen LogP contribution is 2.41. The van der Waals surface area contributed by atoms with Crippen molar-refractivity contribution in [2.75, 3.05) is 0 Å². The Balaban J connectivity index is 3.59. The number of rotatable bonds is 4. The first kappa shape index (κ1) is 18.5. The van der Waals surface area contributed by atoms with Gasteiger partial charge in [-0.25, -0.2) is 5.16 Å². The molecule has 0 saturated carbocycles. The maximum absolute atomic E-state index is 10.9. The van der Waals surface area contributed by atoms with Crippen LogP contribution in [0.4, 0.5) is 0 Å². The van der Waals surface area contributed by atoms with Gasteiger partial charge in [0.1, 0.15) is 5.75 Å². The Morgan fingerprint density at radius 1 is 1.09 bits per heavy atom. The molecule has 3 nitrogen and oxygen atoms in total. The van der Waals surface area contributed by atoms with E-state index in [4.69, 9.17) is 0 Å². The van der Waals surface area contributed by atoms with Crippen LogP contribution in [0.2, 0.25) is 0 Å². The third-order valence-electron chi connectivity index (χ3n) is 4.05. The molecule has 0 radical (unpaired) electrons. The molecule has 0 aliphatic rings. The van der Waals surface area contributed by atoms with E-state index in [0.717, 1.165) is 29.5 Å². The van der Waals surface area contributed by atoms with Gasteiger partial charge < -0.3 is 10.3 Å². The van der Waals surface area contributed by atoms with Crippen LogP contribution in [-0.4, -0.2) is 11.3 Å². The van der Waals surface area contributed by atoms with Crippen molar-refractivity contribution in [1.82, 2.24) is 0 Å². The summed E-state index contributed by atoms with van der Waals surface area (Å²) in [5.41, 5.74) is 2.67. The molecule has 124 valence electrons. The average molecular weight is 305 g/mol. The van der Waals surface area contributed by atoms with Crippen molar-refractivity contribution >= 4 is 6.21 Å². The lowest BCUT2D eigenvalue weighted by Crippen LogP contribution is -2.61. The van der Waals surface area contributed by atoms with E-state index in [9.17, 15) is 10.3 Å². The third-order valence-corrected chi connectivity index (χ3v) is 4.05. The predicted molar refractivity (Wildman–Crippen MR) is 93.5 cm³/mol. The first-order valence-electron chi connectivity index (χ1n) is 8.11. The van der Waals surface area contributed by atoms with E-state index in [-0.39, 0.29) is 16.7 Å². The van der Waals surface area contributed by atoms with E-state index in [1.807, 2.05) is 5.16 Å². The van der Waals surface area contributed by atoms with Crippen molar-refractivity contribution in [1.29, 1.82) is 0 Å². The van der Waals surface area contributed by atoms with E-state index in [0.29, 0.717) is 5.75 Å². The van der Waals surface area contributed by atoms with Gasteiger partial charge in [-0.1, -0.05) is 67.0 Å². The lowest BCUT2D eigenvalue weighted by molar-refractivity contribution is -0.369. The van der Waals surface area contributed by atoms with Gasteiger partial charge in [-0.05, 0) is 33.9 Å². The summed E-state index contributed by atoms with van der Waals surface area (Å²) in [4.78, 5) is 0. The fourth-order valence-corrected chi connectivity index (χ4v) is 2.75. The maximum Gasteiger partial charge on any atom is 0.156 e. The molecule has 1 unspecified atom stereocenters. The van der Waals surface area contributed by atoms with Crippen LogP contribution >= 0.6 is 0 Å². The number of nitrogens with one attached hydrogen (secondary N) is 1. The highest BCUT2D eigenvalue weighted by Gasteiger charge is 2.28. The number of aromatic hydroxyl groups is 1. The van der Waals surface area contributed by atoms with Gasteiger partial charge in [-0.2, -0.15) is 0 Å². The molecule has 0 aliphatic carbocycles. The second kappa shape index (κ2) is 6.72. The zero-order valence-corrected chi connectivity index (χ0v) is 15.1. The monoisotopic (exact) mass is 305 g/mol. The van der Waals surface area contributed by atoms with Crippen LogP contribution < -0.4 is 5.16 Å². The van der Waals surface area contributed by atoms with E-state index < -0.39 is 0 Å². The zero-order valence-electron chi connectivity index (χ0n) is 15.1. The Hall–Kier alpha value is -1.51. The van der Waals surface area contributed by atoms with Crippen molar-refractivity contribution in [3.8, 4) is 5.75 Å². The van der Waals surface area contributed by atoms with Crippen LogP contribution in [0.5, 0.6) is 5.75 Å². The minimum absolute atomic E-state index is 0.0605. The van der Waals surface area contributed by atoms with Crippen LogP contribution in [0.1, 0.15) is 83.9 Å². The lowest BCUT2D eigenvalue weighted by atomic mass is 9.77. The molecule has 0 fully saturated rings. The van der Waals surface area contributed by atoms with Crippen LogP contribution in [0.15, 0.2) is 12.1 Å². The molecule has 1 atom stereocenters. The summed E-state index contributed by atoms with van der Waals surface area (Å²) < 4.78 is 0. The fraction of sp³-hybridized carbons (Fsp3) is 0.632. The summed E-state index contributed by atoms with van der Waals surface area (Å²) in [6.45, 7) is 14.7. The molecule has 0 aromatic heterocycles. The van der Waals surface area contributed by atoms with Gasteiger partial charge in [0.2, 0.25) is 0 Å². The van der Waals surface area contributed by atoms with Crippen LogP contribution in [0, 0.1) is 5.21 Å². The van der Waals surface area contributed by atoms with Gasteiger partial charge in [-0.3, -0.25) is 0 Å². The molecular formula is C19H31NO2. The SMILES string of the molecule is CCCC(C=[NH+][O-])c1cc(C(C)(C)C)c(O)c(C(C)(C)C)c1. The van der Waals surface area contributed by atoms with Crippen molar-refractivity contribution in [2.45, 2.75) is 78.1 Å². The quantitative estimate of drug-likeness (QED) is 0.508. The largest absolute Gasteiger partial charge is 0.626 e. The summed E-state index contributed by atoms with van der Waals surface area (Å²) in [5, 5.41) is 23.5. The lowest BCUT2D eigenvalue weighted by Gasteiger charge is -2.29. The van der Waals surface area contributed by atoms with E-state index in [1.165, 1.54) is 0 Å². The average Bonchev–Trinajstić information content (AvgIpc) is 2.36. The van der Waals surface area contributed by atoms with Crippen LogP contribution in [-0.2, 0) is 10.8 Å². The van der Waals surface area contributed by atoms with Crippen LogP contribution in [0.3, 0.4) is 0 Å². The minimum atomic E-state index is -0.151. The van der Waals surface area contributed by atoms with Gasteiger partial charge in [0.05, 0.1) is 5.92 Å². The summed E-state index contributed by atoms with van der Waals surface area (Å²) in [5.74, 6) is 0.444. The number of hydrogen-bond donors (Lipinski definition) is 2. The van der Waals surface area contributed by atoms with Gasteiger partial charge in [0, 0.05) is 0 Å². The third kappa shape index (κ3) is 4.25. The van der Waals surface area contributed by atoms with E-state index in [1.54, 1.807) is 6.21 Å². The Kier molecular flexibility index (Phi) is 5.66. The van der Waals surface area contributed by atoms with Crippen molar-refractivity contribution < 1.29 is 10.3 Å². The van der Waals surface area contributed by atoms with Gasteiger partial charge in [0.25, 0.3) is 0 Å². The van der Waals surface area contributed by atoms with Gasteiger partial charge in [-0.15, -0.1) is 0 Å². The highest BCUT2D eigenvalue weighted by molar-refractivity contribution is 5.64. The van der Waals surface area contributed by atoms with Gasteiger partial charge in [0.15, 0.2) is 6.21 Å². The summed E-state index contributed by atoms with van der Waals surface area (Å²) >= 11 is 0. The summed E-state index contributed by atoms with van der Waals surface area (Å²) in [6, 6.07) is 4.11. The standard InChI is InChI=1S/C19H31NO2/c1-8-9-13(12-20-22)14-10-15(18(2,3)4)17(21)16(11-14)19(5,6)7/h10-13,20H,8-9H2,1-7H3,(H-,21,22). The second-order valence-corrected chi connectivity index (χ2v) is 8.14. The number of phenols is 1. The molecule has 0 amide bonds. The Morgan fingerprint density at radius 2 is 1.55 bits per heavy atom. The van der Waals surface area contributed by atoms with Crippen molar-refractivity contribution in [2.24, 2.45) is 0 Å². The molecule has 2 N–H and O–H groups in total. The highest BCUT2D eigenvalue weighted by atomic mass is 16.4.